The van der Waals surface area contributed by atoms with Crippen LogP contribution in [-0.4, -0.2) is 43.8 Å². The summed E-state index contributed by atoms with van der Waals surface area (Å²) in [6.07, 6.45) is 4.13. The Kier molecular flexibility index (Phi) is 9.81. The first-order valence-corrected chi connectivity index (χ1v) is 15.2. The van der Waals surface area contributed by atoms with Gasteiger partial charge in [0.05, 0.1) is 10.6 Å². The van der Waals surface area contributed by atoms with E-state index < -0.39 is 34.3 Å². The van der Waals surface area contributed by atoms with Crippen molar-refractivity contribution in [3.63, 3.8) is 0 Å². The highest BCUT2D eigenvalue weighted by molar-refractivity contribution is 7.92. The number of benzene rings is 3. The van der Waals surface area contributed by atoms with Gasteiger partial charge in [0.25, 0.3) is 10.0 Å². The number of nitrogens with one attached hydrogen (secondary N) is 1. The lowest BCUT2D eigenvalue weighted by Gasteiger charge is -2.33. The van der Waals surface area contributed by atoms with Crippen molar-refractivity contribution < 1.29 is 22.4 Å². The number of sulfonamides is 1. The van der Waals surface area contributed by atoms with Gasteiger partial charge in [-0.05, 0) is 61.2 Å². The van der Waals surface area contributed by atoms with Gasteiger partial charge < -0.3 is 10.2 Å². The first-order chi connectivity index (χ1) is 19.2. The van der Waals surface area contributed by atoms with E-state index in [1.165, 1.54) is 35.2 Å². The molecule has 10 heteroatoms. The molecule has 0 bridgehead atoms. The van der Waals surface area contributed by atoms with Crippen LogP contribution < -0.4 is 9.62 Å². The lowest BCUT2D eigenvalue weighted by molar-refractivity contribution is -0.140. The van der Waals surface area contributed by atoms with Crippen LogP contribution in [0.25, 0.3) is 0 Å². The molecule has 0 aliphatic heterocycles. The molecule has 1 saturated carbocycles. The predicted octanol–water partition coefficient (Wildman–Crippen LogP) is 5.54. The van der Waals surface area contributed by atoms with Gasteiger partial charge in [-0.25, -0.2) is 12.8 Å². The molecule has 3 aromatic carbocycles. The molecule has 0 radical (unpaired) electrons. The van der Waals surface area contributed by atoms with Crippen LogP contribution in [0.1, 0.15) is 44.6 Å². The average Bonchev–Trinajstić information content (AvgIpc) is 3.46. The number of rotatable bonds is 11. The van der Waals surface area contributed by atoms with Gasteiger partial charge in [0.1, 0.15) is 18.4 Å². The quantitative estimate of drug-likeness (QED) is 0.320. The normalized spacial score (nSPS) is 14.5. The van der Waals surface area contributed by atoms with Crippen molar-refractivity contribution in [2.24, 2.45) is 0 Å². The Hall–Kier alpha value is -3.43. The summed E-state index contributed by atoms with van der Waals surface area (Å²) in [5, 5.41) is 3.59. The van der Waals surface area contributed by atoms with Crippen molar-refractivity contribution in [1.82, 2.24) is 10.2 Å². The molecule has 0 saturated heterocycles. The molecule has 3 aromatic rings. The van der Waals surface area contributed by atoms with Crippen LogP contribution >= 0.6 is 11.6 Å². The van der Waals surface area contributed by atoms with Crippen LogP contribution in [0.2, 0.25) is 5.02 Å². The van der Waals surface area contributed by atoms with E-state index in [-0.39, 0.29) is 29.1 Å². The van der Waals surface area contributed by atoms with Crippen molar-refractivity contribution in [3.8, 4) is 0 Å². The van der Waals surface area contributed by atoms with Crippen molar-refractivity contribution >= 4 is 39.1 Å². The summed E-state index contributed by atoms with van der Waals surface area (Å²) >= 11 is 6.05. The maximum Gasteiger partial charge on any atom is 0.264 e. The van der Waals surface area contributed by atoms with Gasteiger partial charge in [-0.15, -0.1) is 0 Å². The summed E-state index contributed by atoms with van der Waals surface area (Å²) < 4.78 is 43.2. The number of anilines is 1. The van der Waals surface area contributed by atoms with Gasteiger partial charge in [-0.1, -0.05) is 73.8 Å². The van der Waals surface area contributed by atoms with Crippen LogP contribution in [0.4, 0.5) is 10.1 Å². The van der Waals surface area contributed by atoms with E-state index in [1.807, 2.05) is 0 Å². The zero-order valence-electron chi connectivity index (χ0n) is 22.3. The van der Waals surface area contributed by atoms with Gasteiger partial charge in [0.2, 0.25) is 11.8 Å². The molecule has 1 fully saturated rings. The Labute approximate surface area is 240 Å². The number of carbonyl (C=O) groups is 2. The molecule has 2 amide bonds. The third-order valence-corrected chi connectivity index (χ3v) is 9.11. The Balaban J connectivity index is 1.71. The van der Waals surface area contributed by atoms with Crippen molar-refractivity contribution in [2.75, 3.05) is 10.8 Å². The van der Waals surface area contributed by atoms with E-state index >= 15 is 0 Å². The van der Waals surface area contributed by atoms with Crippen molar-refractivity contribution in [3.05, 3.63) is 95.3 Å². The molecular weight excluding hydrogens is 553 g/mol. The summed E-state index contributed by atoms with van der Waals surface area (Å²) in [6.45, 7) is 1.15. The van der Waals surface area contributed by atoms with E-state index in [9.17, 15) is 22.4 Å². The first kappa shape index (κ1) is 29.6. The molecule has 1 N–H and O–H groups in total. The average molecular weight is 586 g/mol. The maximum atomic E-state index is 15.0. The Morgan fingerprint density at radius 3 is 2.23 bits per heavy atom. The monoisotopic (exact) mass is 585 g/mol. The number of hydrogen-bond acceptors (Lipinski definition) is 4. The number of para-hydroxylation sites is 1. The van der Waals surface area contributed by atoms with Gasteiger partial charge >= 0.3 is 0 Å². The largest absolute Gasteiger partial charge is 0.352 e. The number of hydrogen-bond donors (Lipinski definition) is 1. The second-order valence-corrected chi connectivity index (χ2v) is 12.1. The number of amides is 2. The first-order valence-electron chi connectivity index (χ1n) is 13.4. The summed E-state index contributed by atoms with van der Waals surface area (Å²) in [5.74, 6) is -1.71. The molecule has 1 atom stereocenters. The molecule has 0 heterocycles. The number of nitrogens with zero attached hydrogens (tertiary/aromatic N) is 2. The Morgan fingerprint density at radius 1 is 0.975 bits per heavy atom. The van der Waals surface area contributed by atoms with Crippen molar-refractivity contribution in [2.45, 2.75) is 62.6 Å². The minimum atomic E-state index is -4.33. The Morgan fingerprint density at radius 2 is 1.60 bits per heavy atom. The van der Waals surface area contributed by atoms with Crippen LogP contribution in [0.15, 0.2) is 83.8 Å². The molecule has 212 valence electrons. The molecule has 7 nitrogen and oxygen atoms in total. The van der Waals surface area contributed by atoms with E-state index in [0.717, 1.165) is 36.1 Å². The van der Waals surface area contributed by atoms with E-state index in [2.05, 4.69) is 5.32 Å². The lowest BCUT2D eigenvalue weighted by Crippen LogP contribution is -2.53. The van der Waals surface area contributed by atoms with Crippen LogP contribution in [-0.2, 0) is 26.2 Å². The smallest absolute Gasteiger partial charge is 0.264 e. The minimum Gasteiger partial charge on any atom is -0.352 e. The molecule has 40 heavy (non-hydrogen) atoms. The minimum absolute atomic E-state index is 0.0439. The van der Waals surface area contributed by atoms with Gasteiger partial charge in [-0.3, -0.25) is 13.9 Å². The fraction of sp³-hybridized carbons (Fsp3) is 0.333. The van der Waals surface area contributed by atoms with Gasteiger partial charge in [-0.2, -0.15) is 0 Å². The third kappa shape index (κ3) is 7.01. The second-order valence-electron chi connectivity index (χ2n) is 9.84. The molecule has 0 aromatic heterocycles. The fourth-order valence-corrected chi connectivity index (χ4v) is 6.53. The van der Waals surface area contributed by atoms with Crippen LogP contribution in [0.3, 0.4) is 0 Å². The summed E-state index contributed by atoms with van der Waals surface area (Å²) in [7, 11) is -4.33. The van der Waals surface area contributed by atoms with Crippen LogP contribution in [0.5, 0.6) is 0 Å². The molecular formula is C30H33ClFN3O4S. The standard InChI is InChI=1S/C30H33ClFN3O4S/c1-2-27(30(37)33-24-10-6-7-11-24)34(20-22-16-18-23(31)19-17-22)29(36)21-35(28-15-9-8-14-26(28)32)40(38,39)25-12-4-3-5-13-25/h3-5,8-9,12-19,24,27H,2,6-7,10-11,20-21H2,1H3,(H,33,37). The third-order valence-electron chi connectivity index (χ3n) is 7.08. The van der Waals surface area contributed by atoms with Gasteiger partial charge in [0.15, 0.2) is 0 Å². The summed E-state index contributed by atoms with van der Waals surface area (Å²) in [4.78, 5) is 28.7. The van der Waals surface area contributed by atoms with Gasteiger partial charge in [0, 0.05) is 17.6 Å². The predicted molar refractivity (Wildman–Crippen MR) is 154 cm³/mol. The van der Waals surface area contributed by atoms with E-state index in [0.29, 0.717) is 17.0 Å². The molecule has 1 aliphatic carbocycles. The topological polar surface area (TPSA) is 86.8 Å². The summed E-state index contributed by atoms with van der Waals surface area (Å²) in [5.41, 5.74) is 0.461. The maximum absolute atomic E-state index is 15.0. The highest BCUT2D eigenvalue weighted by Gasteiger charge is 2.35. The van der Waals surface area contributed by atoms with E-state index in [4.69, 9.17) is 11.6 Å². The molecule has 4 rings (SSSR count). The molecule has 1 aliphatic rings. The number of halogens is 2. The van der Waals surface area contributed by atoms with E-state index in [1.54, 1.807) is 49.4 Å². The zero-order valence-corrected chi connectivity index (χ0v) is 23.9. The highest BCUT2D eigenvalue weighted by Crippen LogP contribution is 2.27. The fourth-order valence-electron chi connectivity index (χ4n) is 4.96. The second kappa shape index (κ2) is 13.3. The van der Waals surface area contributed by atoms with Crippen LogP contribution in [0, 0.1) is 5.82 Å². The molecule has 1 unspecified atom stereocenters. The SMILES string of the molecule is CCC(C(=O)NC1CCCC1)N(Cc1ccc(Cl)cc1)C(=O)CN(c1ccccc1F)S(=O)(=O)c1ccccc1. The number of carbonyl (C=O) groups excluding carboxylic acids is 2. The summed E-state index contributed by atoms with van der Waals surface area (Å²) in [6, 6.07) is 19.0. The zero-order chi connectivity index (χ0) is 28.7. The van der Waals surface area contributed by atoms with Crippen molar-refractivity contribution in [1.29, 1.82) is 0 Å². The highest BCUT2D eigenvalue weighted by atomic mass is 35.5. The lowest BCUT2D eigenvalue weighted by atomic mass is 10.1. The Bertz CT molecular complexity index is 1410. The molecule has 0 spiro atoms.